The molecule has 0 spiro atoms. The Hall–Kier alpha value is -1.80. The first-order chi connectivity index (χ1) is 7.75. The van der Waals surface area contributed by atoms with Crippen molar-refractivity contribution in [2.45, 2.75) is 0 Å². The second-order valence-corrected chi connectivity index (χ2v) is 5.28. The standard InChI is InChI=1S/C9H12N2O5S/c1-11(2)17(15,16)10-7-5-3-4-6(8(7)12)9(13)14/h3-5,10,12H,1-2H3,(H,13,14). The molecule has 0 bridgehead atoms. The van der Waals surface area contributed by atoms with Crippen molar-refractivity contribution >= 4 is 21.9 Å². The van der Waals surface area contributed by atoms with E-state index in [1.165, 1.54) is 32.3 Å². The van der Waals surface area contributed by atoms with Gasteiger partial charge in [-0.1, -0.05) is 6.07 Å². The van der Waals surface area contributed by atoms with Crippen LogP contribution in [0.15, 0.2) is 18.2 Å². The number of anilines is 1. The number of hydrogen-bond donors (Lipinski definition) is 3. The number of benzene rings is 1. The number of nitrogens with zero attached hydrogens (tertiary/aromatic N) is 1. The van der Waals surface area contributed by atoms with E-state index in [2.05, 4.69) is 4.72 Å². The molecule has 0 aromatic heterocycles. The number of phenols is 1. The number of carboxylic acid groups (broad SMARTS) is 1. The Labute approximate surface area is 98.5 Å². The van der Waals surface area contributed by atoms with Crippen molar-refractivity contribution < 1.29 is 23.4 Å². The van der Waals surface area contributed by atoms with Gasteiger partial charge in [0.25, 0.3) is 0 Å². The van der Waals surface area contributed by atoms with Crippen molar-refractivity contribution in [2.24, 2.45) is 0 Å². The van der Waals surface area contributed by atoms with Gasteiger partial charge in [0.2, 0.25) is 0 Å². The van der Waals surface area contributed by atoms with Crippen LogP contribution in [-0.4, -0.2) is 43.0 Å². The van der Waals surface area contributed by atoms with Crippen LogP contribution in [0.2, 0.25) is 0 Å². The lowest BCUT2D eigenvalue weighted by atomic mass is 10.2. The Morgan fingerprint density at radius 1 is 1.35 bits per heavy atom. The quantitative estimate of drug-likeness (QED) is 0.675. The molecule has 8 heteroatoms. The van der Waals surface area contributed by atoms with E-state index in [1.54, 1.807) is 0 Å². The third-order valence-corrected chi connectivity index (χ3v) is 3.43. The fourth-order valence-electron chi connectivity index (χ4n) is 1.03. The molecule has 0 unspecified atom stereocenters. The Bertz CT molecular complexity index is 538. The van der Waals surface area contributed by atoms with Crippen LogP contribution >= 0.6 is 0 Å². The normalized spacial score (nSPS) is 11.5. The summed E-state index contributed by atoms with van der Waals surface area (Å²) in [6.45, 7) is 0. The van der Waals surface area contributed by atoms with Crippen LogP contribution in [0.1, 0.15) is 10.4 Å². The molecule has 0 radical (unpaired) electrons. The second kappa shape index (κ2) is 4.60. The summed E-state index contributed by atoms with van der Waals surface area (Å²) in [5.74, 6) is -1.96. The van der Waals surface area contributed by atoms with Gasteiger partial charge in [0, 0.05) is 14.1 Å². The van der Waals surface area contributed by atoms with Crippen molar-refractivity contribution in [3.63, 3.8) is 0 Å². The van der Waals surface area contributed by atoms with Gasteiger partial charge >= 0.3 is 16.2 Å². The Morgan fingerprint density at radius 3 is 2.41 bits per heavy atom. The summed E-state index contributed by atoms with van der Waals surface area (Å²) in [6.07, 6.45) is 0. The lowest BCUT2D eigenvalue weighted by Gasteiger charge is -2.14. The zero-order valence-electron chi connectivity index (χ0n) is 9.21. The van der Waals surface area contributed by atoms with E-state index < -0.39 is 21.9 Å². The third kappa shape index (κ3) is 2.86. The molecular weight excluding hydrogens is 248 g/mol. The molecule has 0 aliphatic heterocycles. The summed E-state index contributed by atoms with van der Waals surface area (Å²) in [4.78, 5) is 10.7. The van der Waals surface area contributed by atoms with Crippen LogP contribution in [-0.2, 0) is 10.2 Å². The second-order valence-electron chi connectivity index (χ2n) is 3.40. The highest BCUT2D eigenvalue weighted by Gasteiger charge is 2.18. The fraction of sp³-hybridized carbons (Fsp3) is 0.222. The monoisotopic (exact) mass is 260 g/mol. The van der Waals surface area contributed by atoms with Crippen LogP contribution < -0.4 is 4.72 Å². The number of hydrogen-bond acceptors (Lipinski definition) is 4. The zero-order valence-corrected chi connectivity index (χ0v) is 10.0. The molecule has 94 valence electrons. The molecule has 1 aromatic carbocycles. The summed E-state index contributed by atoms with van der Waals surface area (Å²) in [5, 5.41) is 18.3. The first-order valence-corrected chi connectivity index (χ1v) is 5.95. The largest absolute Gasteiger partial charge is 0.505 e. The first-order valence-electron chi connectivity index (χ1n) is 4.51. The number of aromatic carboxylic acids is 1. The van der Waals surface area contributed by atoms with Crippen LogP contribution in [0, 0.1) is 0 Å². The van der Waals surface area contributed by atoms with Gasteiger partial charge in [-0.3, -0.25) is 4.72 Å². The number of aromatic hydroxyl groups is 1. The average molecular weight is 260 g/mol. The minimum absolute atomic E-state index is 0.182. The topological polar surface area (TPSA) is 107 Å². The molecule has 0 fully saturated rings. The van der Waals surface area contributed by atoms with E-state index in [9.17, 15) is 18.3 Å². The molecule has 0 amide bonds. The maximum absolute atomic E-state index is 11.5. The van der Waals surface area contributed by atoms with Crippen LogP contribution in [0.5, 0.6) is 5.75 Å². The van der Waals surface area contributed by atoms with Gasteiger partial charge in [-0.25, -0.2) is 4.79 Å². The van der Waals surface area contributed by atoms with E-state index >= 15 is 0 Å². The minimum Gasteiger partial charge on any atom is -0.505 e. The van der Waals surface area contributed by atoms with E-state index in [0.717, 1.165) is 4.31 Å². The molecule has 17 heavy (non-hydrogen) atoms. The molecule has 0 atom stereocenters. The van der Waals surface area contributed by atoms with Crippen molar-refractivity contribution in [3.8, 4) is 5.75 Å². The molecule has 0 saturated carbocycles. The summed E-state index contributed by atoms with van der Waals surface area (Å²) in [5.41, 5.74) is -0.553. The summed E-state index contributed by atoms with van der Waals surface area (Å²) in [6, 6.07) is 3.77. The lowest BCUT2D eigenvalue weighted by Crippen LogP contribution is -2.29. The summed E-state index contributed by atoms with van der Waals surface area (Å²) in [7, 11) is -1.17. The van der Waals surface area contributed by atoms with Crippen LogP contribution in [0.4, 0.5) is 5.69 Å². The van der Waals surface area contributed by atoms with Gasteiger partial charge in [0.05, 0.1) is 5.69 Å². The zero-order chi connectivity index (χ0) is 13.2. The molecule has 0 aliphatic rings. The van der Waals surface area contributed by atoms with E-state index in [-0.39, 0.29) is 11.3 Å². The predicted molar refractivity (Wildman–Crippen MR) is 61.3 cm³/mol. The summed E-state index contributed by atoms with van der Waals surface area (Å²) >= 11 is 0. The third-order valence-electron chi connectivity index (χ3n) is 1.99. The van der Waals surface area contributed by atoms with Gasteiger partial charge in [0.1, 0.15) is 5.56 Å². The molecule has 1 aromatic rings. The summed E-state index contributed by atoms with van der Waals surface area (Å²) < 4.78 is 25.9. The van der Waals surface area contributed by atoms with Crippen LogP contribution in [0.3, 0.4) is 0 Å². The fourth-order valence-corrected chi connectivity index (χ4v) is 1.65. The highest BCUT2D eigenvalue weighted by molar-refractivity contribution is 7.90. The van der Waals surface area contributed by atoms with Crippen molar-refractivity contribution in [2.75, 3.05) is 18.8 Å². The Morgan fingerprint density at radius 2 is 1.94 bits per heavy atom. The predicted octanol–water partition coefficient (Wildman–Crippen LogP) is 0.309. The average Bonchev–Trinajstić information content (AvgIpc) is 2.20. The van der Waals surface area contributed by atoms with Gasteiger partial charge < -0.3 is 10.2 Å². The van der Waals surface area contributed by atoms with Crippen LogP contribution in [0.25, 0.3) is 0 Å². The lowest BCUT2D eigenvalue weighted by molar-refractivity contribution is 0.0694. The van der Waals surface area contributed by atoms with E-state index in [0.29, 0.717) is 0 Å². The number of nitrogens with one attached hydrogen (secondary N) is 1. The van der Waals surface area contributed by atoms with Gasteiger partial charge in [0.15, 0.2) is 5.75 Å². The van der Waals surface area contributed by atoms with Gasteiger partial charge in [-0.2, -0.15) is 12.7 Å². The number of carboxylic acids is 1. The smallest absolute Gasteiger partial charge is 0.339 e. The van der Waals surface area contributed by atoms with Crippen molar-refractivity contribution in [1.29, 1.82) is 0 Å². The van der Waals surface area contributed by atoms with E-state index in [1.807, 2.05) is 0 Å². The SMILES string of the molecule is CN(C)S(=O)(=O)Nc1cccc(C(=O)O)c1O. The molecule has 0 heterocycles. The Balaban J connectivity index is 3.18. The molecule has 1 rings (SSSR count). The van der Waals surface area contributed by atoms with Crippen molar-refractivity contribution in [1.82, 2.24) is 4.31 Å². The first kappa shape index (κ1) is 13.3. The maximum atomic E-state index is 11.5. The van der Waals surface area contributed by atoms with Gasteiger partial charge in [-0.15, -0.1) is 0 Å². The number of rotatable bonds is 4. The maximum Gasteiger partial charge on any atom is 0.339 e. The molecule has 0 aliphatic carbocycles. The number of para-hydroxylation sites is 1. The number of carbonyl (C=O) groups is 1. The van der Waals surface area contributed by atoms with E-state index in [4.69, 9.17) is 5.11 Å². The Kier molecular flexibility index (Phi) is 3.59. The minimum atomic E-state index is -3.79. The van der Waals surface area contributed by atoms with Crippen molar-refractivity contribution in [3.05, 3.63) is 23.8 Å². The molecular formula is C9H12N2O5S. The molecule has 3 N–H and O–H groups in total. The molecule has 7 nitrogen and oxygen atoms in total. The van der Waals surface area contributed by atoms with Gasteiger partial charge in [-0.05, 0) is 12.1 Å². The highest BCUT2D eigenvalue weighted by atomic mass is 32.2. The molecule has 0 saturated heterocycles. The highest BCUT2D eigenvalue weighted by Crippen LogP contribution is 2.28.